The maximum absolute atomic E-state index is 6.81. The monoisotopic (exact) mass is 903 g/mol. The maximum atomic E-state index is 6.81. The van der Waals surface area contributed by atoms with Gasteiger partial charge in [0.2, 0.25) is 0 Å². The molecule has 0 bridgehead atoms. The van der Waals surface area contributed by atoms with Crippen molar-refractivity contribution in [2.45, 2.75) is 6.54 Å². The van der Waals surface area contributed by atoms with Gasteiger partial charge in [-0.05, 0) is 36.4 Å². The lowest BCUT2D eigenvalue weighted by atomic mass is 10.2. The van der Waals surface area contributed by atoms with Gasteiger partial charge in [-0.2, -0.15) is 0 Å². The van der Waals surface area contributed by atoms with Gasteiger partial charge in [-0.3, -0.25) is 24.0 Å². The van der Waals surface area contributed by atoms with Crippen LogP contribution >= 0.6 is 46.4 Å². The molecule has 0 N–H and O–H groups in total. The van der Waals surface area contributed by atoms with E-state index in [0.29, 0.717) is 85.7 Å². The topological polar surface area (TPSA) is 188 Å². The van der Waals surface area contributed by atoms with Crippen LogP contribution in [0.1, 0.15) is 5.82 Å². The fraction of sp³-hybridized carbons (Fsp3) is 0.231. The van der Waals surface area contributed by atoms with Crippen LogP contribution in [0.3, 0.4) is 0 Å². The normalized spacial score (nSPS) is 12.9. The van der Waals surface area contributed by atoms with E-state index in [2.05, 4.69) is 55.2 Å². The summed E-state index contributed by atoms with van der Waals surface area (Å²) in [5.74, 6) is 2.68. The van der Waals surface area contributed by atoms with Gasteiger partial charge < -0.3 is 23.7 Å². The molecule has 1 aliphatic heterocycles. The summed E-state index contributed by atoms with van der Waals surface area (Å²) in [6.07, 6.45) is 8.29. The second-order valence-electron chi connectivity index (χ2n) is 12.9. The average molecular weight is 906 g/mol. The molecule has 9 rings (SSSR count). The number of halogens is 4. The zero-order chi connectivity index (χ0) is 42.6. The van der Waals surface area contributed by atoms with E-state index in [1.165, 1.54) is 34.8 Å². The van der Waals surface area contributed by atoms with Crippen LogP contribution in [-0.4, -0.2) is 119 Å². The number of hydrogen-bond donors (Lipinski definition) is 0. The van der Waals surface area contributed by atoms with Crippen molar-refractivity contribution in [2.24, 2.45) is 0 Å². The molecule has 0 amide bonds. The van der Waals surface area contributed by atoms with Crippen molar-refractivity contribution in [3.63, 3.8) is 0 Å². The van der Waals surface area contributed by atoms with E-state index in [-0.39, 0.29) is 28.5 Å². The number of pyridine rings is 2. The number of fused-ring (bicyclic) bond motifs is 2. The number of methoxy groups -OCH3 is 4. The van der Waals surface area contributed by atoms with Crippen LogP contribution in [-0.2, 0) is 11.3 Å². The lowest BCUT2D eigenvalue weighted by Crippen LogP contribution is -2.36. The first-order valence-corrected chi connectivity index (χ1v) is 19.8. The first-order chi connectivity index (χ1) is 29.7. The van der Waals surface area contributed by atoms with E-state index in [4.69, 9.17) is 70.1 Å². The number of rotatable bonds is 10. The molecule has 18 nitrogen and oxygen atoms in total. The number of morpholine rings is 1. The summed E-state index contributed by atoms with van der Waals surface area (Å²) >= 11 is 26.2. The predicted molar refractivity (Wildman–Crippen MR) is 228 cm³/mol. The number of aromatic nitrogens is 12. The highest BCUT2D eigenvalue weighted by molar-refractivity contribution is 6.45. The minimum Gasteiger partial charge on any atom is -0.477 e. The Morgan fingerprint density at radius 1 is 0.639 bits per heavy atom. The lowest BCUT2D eigenvalue weighted by Gasteiger charge is -2.26. The summed E-state index contributed by atoms with van der Waals surface area (Å²) in [6, 6.07) is 10.7. The number of ether oxygens (including phenoxy) is 5. The van der Waals surface area contributed by atoms with Gasteiger partial charge in [-0.25, -0.2) is 19.9 Å². The molecule has 0 atom stereocenters. The average Bonchev–Trinajstić information content (AvgIpc) is 3.95. The number of nitrogens with zero attached hydrogens (tertiary/aromatic N) is 13. The van der Waals surface area contributed by atoms with Crippen LogP contribution in [0.2, 0.25) is 20.1 Å². The molecule has 0 unspecified atom stereocenters. The van der Waals surface area contributed by atoms with Crippen molar-refractivity contribution in [3.8, 4) is 57.7 Å². The second-order valence-corrected chi connectivity index (χ2v) is 14.5. The molecule has 8 aromatic rings. The van der Waals surface area contributed by atoms with E-state index in [1.54, 1.807) is 47.6 Å². The van der Waals surface area contributed by atoms with Crippen LogP contribution < -0.4 is 18.9 Å². The summed E-state index contributed by atoms with van der Waals surface area (Å²) in [5.41, 5.74) is 4.43. The molecule has 6 aromatic heterocycles. The van der Waals surface area contributed by atoms with Crippen molar-refractivity contribution in [1.29, 1.82) is 0 Å². The van der Waals surface area contributed by atoms with Gasteiger partial charge in [0.15, 0.2) is 17.5 Å². The molecule has 1 saturated heterocycles. The highest BCUT2D eigenvalue weighted by Crippen LogP contribution is 2.41. The summed E-state index contributed by atoms with van der Waals surface area (Å²) in [4.78, 5) is 28.7. The van der Waals surface area contributed by atoms with E-state index in [0.717, 1.165) is 24.2 Å². The zero-order valence-electron chi connectivity index (χ0n) is 32.8. The number of hydrogen-bond acceptors (Lipinski definition) is 16. The second kappa shape index (κ2) is 18.3. The molecule has 0 spiro atoms. The minimum atomic E-state index is 0.223. The molecule has 312 valence electrons. The molecule has 0 aliphatic carbocycles. The zero-order valence-corrected chi connectivity index (χ0v) is 35.8. The summed E-state index contributed by atoms with van der Waals surface area (Å²) in [5, 5.41) is 18.4. The third kappa shape index (κ3) is 8.25. The fourth-order valence-electron chi connectivity index (χ4n) is 6.53. The van der Waals surface area contributed by atoms with Crippen LogP contribution in [0.4, 0.5) is 0 Å². The summed E-state index contributed by atoms with van der Waals surface area (Å²) in [7, 11) is 5.96. The maximum Gasteiger partial charge on any atom is 0.278 e. The molecule has 1 aliphatic rings. The smallest absolute Gasteiger partial charge is 0.278 e. The first kappa shape index (κ1) is 41.7. The van der Waals surface area contributed by atoms with Crippen molar-refractivity contribution >= 4 is 68.5 Å². The summed E-state index contributed by atoms with van der Waals surface area (Å²) < 4.78 is 30.3. The van der Waals surface area contributed by atoms with E-state index >= 15 is 0 Å². The van der Waals surface area contributed by atoms with Crippen LogP contribution in [0.15, 0.2) is 67.5 Å². The highest BCUT2D eigenvalue weighted by Gasteiger charge is 2.27. The molecule has 61 heavy (non-hydrogen) atoms. The van der Waals surface area contributed by atoms with Crippen molar-refractivity contribution in [2.75, 3.05) is 54.7 Å². The highest BCUT2D eigenvalue weighted by atomic mass is 35.5. The fourth-order valence-corrected chi connectivity index (χ4v) is 7.38. The van der Waals surface area contributed by atoms with Crippen LogP contribution in [0, 0.1) is 0 Å². The lowest BCUT2D eigenvalue weighted by molar-refractivity contribution is 0.0328. The SMILES string of the molecule is COc1nc2cc(Cl)c(Cl)c(-n3c(CN4CCOCC4)nnc3-c3cccnc3)c2nc1OC.COc1nc2cc(Cl)c(Cl)c(-n3cnnc3-c3cccnc3)c2nc1OC. The standard InChI is InChI=1S/C22H21Cl2N7O3.C17H12Cl2N6O2/c1-32-21-22(33-2)27-18-15(26-21)10-14(23)17(24)19(18)31-16(12-30-6-8-34-9-7-30)28-29-20(31)13-4-3-5-25-11-13;1-26-16-17(27-2)23-13-11(22-16)6-10(18)12(19)14(13)25-8-21-24-15(25)9-4-3-5-20-7-9/h3-5,10-11H,6-9,12H2,1-2H3;3-8H,1-2H3. The molecule has 1 fully saturated rings. The van der Waals surface area contributed by atoms with Gasteiger partial charge in [0.25, 0.3) is 23.5 Å². The Morgan fingerprint density at radius 2 is 1.16 bits per heavy atom. The van der Waals surface area contributed by atoms with E-state index in [9.17, 15) is 0 Å². The van der Waals surface area contributed by atoms with Gasteiger partial charge in [-0.15, -0.1) is 20.4 Å². The van der Waals surface area contributed by atoms with E-state index < -0.39 is 0 Å². The van der Waals surface area contributed by atoms with Gasteiger partial charge >= 0.3 is 0 Å². The molecule has 7 heterocycles. The predicted octanol–water partition coefficient (Wildman–Crippen LogP) is 7.03. The third-order valence-electron chi connectivity index (χ3n) is 9.36. The quantitative estimate of drug-likeness (QED) is 0.136. The van der Waals surface area contributed by atoms with Gasteiger partial charge in [-0.1, -0.05) is 46.4 Å². The molecule has 0 radical (unpaired) electrons. The Hall–Kier alpha value is -6.02. The van der Waals surface area contributed by atoms with Gasteiger partial charge in [0, 0.05) is 49.0 Å². The van der Waals surface area contributed by atoms with Crippen LogP contribution in [0.5, 0.6) is 23.5 Å². The van der Waals surface area contributed by atoms with Crippen molar-refractivity contribution in [1.82, 2.24) is 64.3 Å². The van der Waals surface area contributed by atoms with Crippen molar-refractivity contribution < 1.29 is 23.7 Å². The Bertz CT molecular complexity index is 2850. The molecular formula is C39H33Cl4N13O5. The minimum absolute atomic E-state index is 0.223. The third-order valence-corrected chi connectivity index (χ3v) is 10.9. The van der Waals surface area contributed by atoms with E-state index in [1.807, 2.05) is 22.8 Å². The van der Waals surface area contributed by atoms with Gasteiger partial charge in [0.1, 0.15) is 17.4 Å². The molecule has 2 aromatic carbocycles. The molecule has 0 saturated carbocycles. The van der Waals surface area contributed by atoms with Crippen LogP contribution in [0.25, 0.3) is 56.2 Å². The number of benzene rings is 2. The molecular weight excluding hydrogens is 872 g/mol. The Balaban J connectivity index is 0.000000173. The molecule has 22 heteroatoms. The Labute approximate surface area is 367 Å². The summed E-state index contributed by atoms with van der Waals surface area (Å²) in [6.45, 7) is 3.41. The first-order valence-electron chi connectivity index (χ1n) is 18.3. The van der Waals surface area contributed by atoms with Crippen molar-refractivity contribution in [3.05, 3.63) is 93.4 Å². The largest absolute Gasteiger partial charge is 0.477 e. The Morgan fingerprint density at radius 3 is 1.70 bits per heavy atom. The Kier molecular flexibility index (Phi) is 12.5. The van der Waals surface area contributed by atoms with Gasteiger partial charge in [0.05, 0.1) is 90.7 Å².